The smallest absolute Gasteiger partial charge is 0.355 e. The van der Waals surface area contributed by atoms with Gasteiger partial charge in [-0.2, -0.15) is 0 Å². The Morgan fingerprint density at radius 1 is 1.00 bits per heavy atom. The molecule has 27 heavy (non-hydrogen) atoms. The summed E-state index contributed by atoms with van der Waals surface area (Å²) in [4.78, 5) is 36.3. The summed E-state index contributed by atoms with van der Waals surface area (Å²) in [6.07, 6.45) is 0.479. The average Bonchev–Trinajstić information content (AvgIpc) is 2.67. The highest BCUT2D eigenvalue weighted by Gasteiger charge is 2.22. The molecule has 0 heterocycles. The minimum atomic E-state index is -1.01. The van der Waals surface area contributed by atoms with Gasteiger partial charge in [0.2, 0.25) is 11.7 Å². The van der Waals surface area contributed by atoms with E-state index >= 15 is 0 Å². The van der Waals surface area contributed by atoms with Crippen LogP contribution in [0.25, 0.3) is 6.08 Å². The number of benzene rings is 2. The summed E-state index contributed by atoms with van der Waals surface area (Å²) in [5.41, 5.74) is 1.07. The van der Waals surface area contributed by atoms with Crippen molar-refractivity contribution >= 4 is 23.7 Å². The normalized spacial score (nSPS) is 12.0. The molecule has 2 rings (SSSR count). The molecule has 1 N–H and O–H groups in total. The number of rotatable bonds is 7. The van der Waals surface area contributed by atoms with Crippen LogP contribution in [0.5, 0.6) is 5.75 Å². The Hall–Kier alpha value is -3.41. The average molecular weight is 367 g/mol. The lowest BCUT2D eigenvalue weighted by molar-refractivity contribution is -0.142. The minimum absolute atomic E-state index is 0.0388. The molecular formula is C21H21NO5. The number of Topliss-reactive ketones (excluding diaryl/α,β-unsaturated/α-hetero) is 1. The van der Waals surface area contributed by atoms with Gasteiger partial charge in [-0.3, -0.25) is 9.59 Å². The van der Waals surface area contributed by atoms with Crippen molar-refractivity contribution < 1.29 is 23.9 Å². The minimum Gasteiger partial charge on any atom is -0.497 e. The molecule has 2 aromatic carbocycles. The lowest BCUT2D eigenvalue weighted by atomic mass is 10.1. The van der Waals surface area contributed by atoms with Crippen LogP contribution < -0.4 is 10.1 Å². The van der Waals surface area contributed by atoms with Crippen LogP contribution in [0, 0.1) is 0 Å². The highest BCUT2D eigenvalue weighted by atomic mass is 16.5. The second-order valence-corrected chi connectivity index (χ2v) is 5.79. The molecule has 2 aromatic rings. The fraction of sp³-hybridized carbons (Fsp3) is 0.190. The van der Waals surface area contributed by atoms with Crippen LogP contribution in [-0.4, -0.2) is 30.9 Å². The topological polar surface area (TPSA) is 81.7 Å². The highest BCUT2D eigenvalue weighted by Crippen LogP contribution is 2.15. The molecule has 0 aliphatic rings. The van der Waals surface area contributed by atoms with Crippen LogP contribution in [0.15, 0.2) is 60.3 Å². The predicted molar refractivity (Wildman–Crippen MR) is 101 cm³/mol. The van der Waals surface area contributed by atoms with Crippen LogP contribution in [0.3, 0.4) is 0 Å². The fourth-order valence-corrected chi connectivity index (χ4v) is 2.32. The van der Waals surface area contributed by atoms with Crippen molar-refractivity contribution in [3.05, 3.63) is 71.4 Å². The Labute approximate surface area is 157 Å². The number of amides is 1. The van der Waals surface area contributed by atoms with Crippen molar-refractivity contribution in [3.63, 3.8) is 0 Å². The number of esters is 1. The molecule has 0 radical (unpaired) electrons. The van der Waals surface area contributed by atoms with E-state index in [1.165, 1.54) is 27.0 Å². The molecule has 0 aliphatic heterocycles. The molecule has 0 fully saturated rings. The van der Waals surface area contributed by atoms with E-state index in [2.05, 4.69) is 5.32 Å². The van der Waals surface area contributed by atoms with Crippen molar-refractivity contribution in [2.75, 3.05) is 7.11 Å². The summed E-state index contributed by atoms with van der Waals surface area (Å²) in [6.45, 7) is 2.77. The molecule has 1 amide bonds. The molecule has 0 saturated carbocycles. The molecule has 140 valence electrons. The van der Waals surface area contributed by atoms with Crippen LogP contribution >= 0.6 is 0 Å². The van der Waals surface area contributed by atoms with Crippen LogP contribution in [0.4, 0.5) is 0 Å². The second kappa shape index (κ2) is 9.33. The molecular weight excluding hydrogens is 346 g/mol. The predicted octanol–water partition coefficient (Wildman–Crippen LogP) is 2.99. The van der Waals surface area contributed by atoms with E-state index in [0.717, 1.165) is 0 Å². The standard InChI is InChI=1S/C21H21NO5/c1-14(20(24)17-9-11-18(26-3)12-10-17)27-21(25)19(22-15(2)23)13-16-7-5-4-6-8-16/h4-14H,1-3H3,(H,22,23)/b19-13-/t14-/m0/s1. The van der Waals surface area contributed by atoms with Gasteiger partial charge in [0.25, 0.3) is 0 Å². The zero-order valence-corrected chi connectivity index (χ0v) is 15.4. The monoisotopic (exact) mass is 367 g/mol. The molecule has 1 atom stereocenters. The van der Waals surface area contributed by atoms with E-state index in [4.69, 9.17) is 9.47 Å². The maximum Gasteiger partial charge on any atom is 0.355 e. The Morgan fingerprint density at radius 2 is 1.63 bits per heavy atom. The third-order valence-electron chi connectivity index (χ3n) is 3.67. The van der Waals surface area contributed by atoms with Gasteiger partial charge in [0, 0.05) is 12.5 Å². The van der Waals surface area contributed by atoms with E-state index in [9.17, 15) is 14.4 Å². The number of nitrogens with one attached hydrogen (secondary N) is 1. The molecule has 0 aromatic heterocycles. The first-order valence-corrected chi connectivity index (χ1v) is 8.34. The maximum absolute atomic E-state index is 12.5. The lowest BCUT2D eigenvalue weighted by Gasteiger charge is -2.14. The Balaban J connectivity index is 2.14. The first-order valence-electron chi connectivity index (χ1n) is 8.34. The van der Waals surface area contributed by atoms with Gasteiger partial charge in [-0.05, 0) is 42.8 Å². The van der Waals surface area contributed by atoms with Crippen LogP contribution in [0.2, 0.25) is 0 Å². The van der Waals surface area contributed by atoms with Crippen molar-refractivity contribution in [2.45, 2.75) is 20.0 Å². The SMILES string of the molecule is COc1ccc(C(=O)[C@H](C)OC(=O)/C(=C/c2ccccc2)NC(C)=O)cc1. The number of hydrogen-bond donors (Lipinski definition) is 1. The third-order valence-corrected chi connectivity index (χ3v) is 3.67. The van der Waals surface area contributed by atoms with E-state index < -0.39 is 18.0 Å². The zero-order chi connectivity index (χ0) is 19.8. The Kier molecular flexibility index (Phi) is 6.88. The number of carbonyl (C=O) groups is 3. The first kappa shape index (κ1) is 19.9. The second-order valence-electron chi connectivity index (χ2n) is 5.79. The maximum atomic E-state index is 12.5. The van der Waals surface area contributed by atoms with Gasteiger partial charge in [-0.25, -0.2) is 4.79 Å². The summed E-state index contributed by atoms with van der Waals surface area (Å²) >= 11 is 0. The van der Waals surface area contributed by atoms with Crippen LogP contribution in [0.1, 0.15) is 29.8 Å². The summed E-state index contributed by atoms with van der Waals surface area (Å²) in [6, 6.07) is 15.5. The lowest BCUT2D eigenvalue weighted by Crippen LogP contribution is -2.31. The highest BCUT2D eigenvalue weighted by molar-refractivity contribution is 6.03. The quantitative estimate of drug-likeness (QED) is 0.462. The molecule has 0 unspecified atom stereocenters. The molecule has 0 saturated heterocycles. The van der Waals surface area contributed by atoms with Crippen molar-refractivity contribution in [1.29, 1.82) is 0 Å². The van der Waals surface area contributed by atoms with Crippen molar-refractivity contribution in [1.82, 2.24) is 5.32 Å². The summed E-state index contributed by atoms with van der Waals surface area (Å²) in [5, 5.41) is 2.45. The van der Waals surface area contributed by atoms with Gasteiger partial charge < -0.3 is 14.8 Å². The first-order chi connectivity index (χ1) is 12.9. The van der Waals surface area contributed by atoms with Gasteiger partial charge in [-0.1, -0.05) is 30.3 Å². The largest absolute Gasteiger partial charge is 0.497 e. The van der Waals surface area contributed by atoms with Crippen molar-refractivity contribution in [2.24, 2.45) is 0 Å². The molecule has 6 nitrogen and oxygen atoms in total. The van der Waals surface area contributed by atoms with E-state index in [-0.39, 0.29) is 11.5 Å². The van der Waals surface area contributed by atoms with Gasteiger partial charge >= 0.3 is 5.97 Å². The van der Waals surface area contributed by atoms with E-state index in [0.29, 0.717) is 16.9 Å². The fourth-order valence-electron chi connectivity index (χ4n) is 2.32. The molecule has 0 spiro atoms. The molecule has 6 heteroatoms. The van der Waals surface area contributed by atoms with Crippen LogP contribution in [-0.2, 0) is 14.3 Å². The number of methoxy groups -OCH3 is 1. The molecule has 0 aliphatic carbocycles. The number of ether oxygens (including phenoxy) is 2. The third kappa shape index (κ3) is 5.81. The van der Waals surface area contributed by atoms with Gasteiger partial charge in [-0.15, -0.1) is 0 Å². The Morgan fingerprint density at radius 3 is 2.19 bits per heavy atom. The van der Waals surface area contributed by atoms with E-state index in [1.807, 2.05) is 6.07 Å². The summed E-state index contributed by atoms with van der Waals surface area (Å²) < 4.78 is 10.3. The summed E-state index contributed by atoms with van der Waals surface area (Å²) in [5.74, 6) is -0.936. The Bertz CT molecular complexity index is 841. The van der Waals surface area contributed by atoms with E-state index in [1.54, 1.807) is 48.5 Å². The van der Waals surface area contributed by atoms with Gasteiger partial charge in [0.15, 0.2) is 6.10 Å². The van der Waals surface area contributed by atoms with Crippen molar-refractivity contribution in [3.8, 4) is 5.75 Å². The summed E-state index contributed by atoms with van der Waals surface area (Å²) in [7, 11) is 1.53. The zero-order valence-electron chi connectivity index (χ0n) is 15.4. The van der Waals surface area contributed by atoms with Gasteiger partial charge in [0.1, 0.15) is 11.4 Å². The number of carbonyl (C=O) groups excluding carboxylic acids is 3. The molecule has 0 bridgehead atoms. The number of hydrogen-bond acceptors (Lipinski definition) is 5. The van der Waals surface area contributed by atoms with Gasteiger partial charge in [0.05, 0.1) is 7.11 Å². The number of ketones is 1.